The number of H-pyrrole nitrogens is 1. The summed E-state index contributed by atoms with van der Waals surface area (Å²) in [5.41, 5.74) is 3.82. The van der Waals surface area contributed by atoms with Crippen LogP contribution >= 0.6 is 0 Å². The van der Waals surface area contributed by atoms with Gasteiger partial charge in [-0.05, 0) is 62.7 Å². The van der Waals surface area contributed by atoms with Gasteiger partial charge < -0.3 is 15.2 Å². The van der Waals surface area contributed by atoms with Gasteiger partial charge in [0, 0.05) is 48.4 Å². The van der Waals surface area contributed by atoms with E-state index in [1.54, 1.807) is 12.4 Å². The second-order valence-corrected chi connectivity index (χ2v) is 10.0. The Bertz CT molecular complexity index is 1350. The quantitative estimate of drug-likeness (QED) is 0.406. The molecule has 8 nitrogen and oxygen atoms in total. The average Bonchev–Trinajstić information content (AvgIpc) is 3.54. The van der Waals surface area contributed by atoms with Crippen molar-refractivity contribution in [2.45, 2.75) is 38.4 Å². The molecule has 0 spiro atoms. The van der Waals surface area contributed by atoms with Crippen molar-refractivity contribution >= 4 is 17.0 Å². The molecule has 6 rings (SSSR count). The van der Waals surface area contributed by atoms with Crippen molar-refractivity contribution in [1.29, 1.82) is 0 Å². The van der Waals surface area contributed by atoms with Gasteiger partial charge in [-0.25, -0.2) is 15.0 Å². The van der Waals surface area contributed by atoms with Crippen LogP contribution in [0.15, 0.2) is 43.1 Å². The van der Waals surface area contributed by atoms with Gasteiger partial charge in [0.05, 0.1) is 18.1 Å². The molecule has 0 bridgehead atoms. The molecular formula is C26H29F3N8. The summed E-state index contributed by atoms with van der Waals surface area (Å²) in [6.07, 6.45) is 8.65. The molecule has 2 aliphatic rings. The van der Waals surface area contributed by atoms with Gasteiger partial charge in [-0.2, -0.15) is 18.3 Å². The van der Waals surface area contributed by atoms with Crippen molar-refractivity contribution in [2.75, 3.05) is 31.1 Å². The molecule has 11 heteroatoms. The fourth-order valence-corrected chi connectivity index (χ4v) is 5.66. The van der Waals surface area contributed by atoms with Gasteiger partial charge in [0.2, 0.25) is 0 Å². The smallest absolute Gasteiger partial charge is 0.357 e. The van der Waals surface area contributed by atoms with Gasteiger partial charge in [-0.3, -0.25) is 4.68 Å². The molecule has 0 radical (unpaired) electrons. The molecule has 2 fully saturated rings. The third kappa shape index (κ3) is 5.18. The first kappa shape index (κ1) is 23.9. The summed E-state index contributed by atoms with van der Waals surface area (Å²) in [6.45, 7) is 3.21. The zero-order chi connectivity index (χ0) is 25.4. The van der Waals surface area contributed by atoms with Crippen LogP contribution in [0.4, 0.5) is 19.0 Å². The molecule has 2 aliphatic heterocycles. The molecule has 0 aliphatic carbocycles. The highest BCUT2D eigenvalue weighted by atomic mass is 19.4. The molecule has 0 atom stereocenters. The predicted octanol–water partition coefficient (Wildman–Crippen LogP) is 4.66. The van der Waals surface area contributed by atoms with E-state index in [1.807, 2.05) is 18.3 Å². The monoisotopic (exact) mass is 510 g/mol. The Morgan fingerprint density at radius 3 is 2.43 bits per heavy atom. The second kappa shape index (κ2) is 9.77. The summed E-state index contributed by atoms with van der Waals surface area (Å²) in [6, 6.07) is 4.04. The molecule has 0 saturated carbocycles. The van der Waals surface area contributed by atoms with Crippen LogP contribution in [-0.4, -0.2) is 62.1 Å². The Hall–Kier alpha value is -3.47. The van der Waals surface area contributed by atoms with Gasteiger partial charge in [0.15, 0.2) is 5.65 Å². The summed E-state index contributed by atoms with van der Waals surface area (Å²) in [5, 5.41) is 7.31. The zero-order valence-corrected chi connectivity index (χ0v) is 20.4. The van der Waals surface area contributed by atoms with Crippen LogP contribution in [0.25, 0.3) is 33.5 Å². The number of fused-ring (bicyclic) bond motifs is 1. The standard InChI is InChI=1S/C26H29F3N8/c27-26(28,29)16-37-15-20(12-34-37)21-13-32-25-24(21)35-22(14-33-25)19-1-2-23(31-11-19)36-9-5-18(6-10-36)17-3-7-30-8-4-17/h1-2,11-15,17-18,30H,3-10,16H2,(H,32,33). The predicted molar refractivity (Wildman–Crippen MR) is 135 cm³/mol. The SMILES string of the molecule is FC(F)(F)Cn1cc(-c2c[nH]c3ncc(-c4ccc(N5CCC(C6CCNCC6)CC5)nc4)nc23)cn1. The third-order valence-corrected chi connectivity index (χ3v) is 7.62. The van der Waals surface area contributed by atoms with Crippen molar-refractivity contribution < 1.29 is 13.2 Å². The molecule has 6 heterocycles. The van der Waals surface area contributed by atoms with Gasteiger partial charge in [0.1, 0.15) is 17.9 Å². The normalized spacial score (nSPS) is 18.1. The van der Waals surface area contributed by atoms with Crippen LogP contribution in [0, 0.1) is 11.8 Å². The number of halogens is 3. The Morgan fingerprint density at radius 2 is 1.70 bits per heavy atom. The van der Waals surface area contributed by atoms with E-state index in [1.165, 1.54) is 38.1 Å². The fraction of sp³-hybridized carbons (Fsp3) is 0.462. The zero-order valence-electron chi connectivity index (χ0n) is 20.4. The Kier molecular flexibility index (Phi) is 6.31. The highest BCUT2D eigenvalue weighted by Gasteiger charge is 2.29. The number of aromatic amines is 1. The van der Waals surface area contributed by atoms with Gasteiger partial charge in [-0.15, -0.1) is 0 Å². The molecule has 4 aromatic rings. The lowest BCUT2D eigenvalue weighted by atomic mass is 9.79. The van der Waals surface area contributed by atoms with Crippen LogP contribution in [0.5, 0.6) is 0 Å². The lowest BCUT2D eigenvalue weighted by Gasteiger charge is -2.38. The molecule has 4 aromatic heterocycles. The summed E-state index contributed by atoms with van der Waals surface area (Å²) in [4.78, 5) is 19.4. The van der Waals surface area contributed by atoms with Gasteiger partial charge in [0.25, 0.3) is 0 Å². The molecule has 0 aromatic carbocycles. The molecule has 0 amide bonds. The minimum absolute atomic E-state index is 0.545. The van der Waals surface area contributed by atoms with E-state index in [0.717, 1.165) is 54.1 Å². The van der Waals surface area contributed by atoms with Crippen molar-refractivity contribution in [3.05, 3.63) is 43.1 Å². The number of alkyl halides is 3. The van der Waals surface area contributed by atoms with Gasteiger partial charge in [-0.1, -0.05) is 0 Å². The van der Waals surface area contributed by atoms with E-state index in [2.05, 4.69) is 25.3 Å². The number of hydrogen-bond donors (Lipinski definition) is 2. The Morgan fingerprint density at radius 1 is 0.919 bits per heavy atom. The second-order valence-electron chi connectivity index (χ2n) is 10.0. The van der Waals surface area contributed by atoms with Crippen molar-refractivity contribution in [3.63, 3.8) is 0 Å². The van der Waals surface area contributed by atoms with Crippen LogP contribution < -0.4 is 10.2 Å². The van der Waals surface area contributed by atoms with E-state index >= 15 is 0 Å². The molecule has 2 N–H and O–H groups in total. The number of nitrogens with one attached hydrogen (secondary N) is 2. The van der Waals surface area contributed by atoms with Crippen molar-refractivity contribution in [2.24, 2.45) is 11.8 Å². The fourth-order valence-electron chi connectivity index (χ4n) is 5.66. The Labute approximate surface area is 212 Å². The number of rotatable bonds is 5. The van der Waals surface area contributed by atoms with E-state index in [9.17, 15) is 13.2 Å². The molecule has 37 heavy (non-hydrogen) atoms. The molecule has 2 saturated heterocycles. The first-order valence-electron chi connectivity index (χ1n) is 12.8. The maximum Gasteiger partial charge on any atom is 0.408 e. The first-order valence-corrected chi connectivity index (χ1v) is 12.8. The highest BCUT2D eigenvalue weighted by Crippen LogP contribution is 2.33. The number of anilines is 1. The summed E-state index contributed by atoms with van der Waals surface area (Å²) >= 11 is 0. The number of pyridine rings is 1. The van der Waals surface area contributed by atoms with E-state index in [4.69, 9.17) is 9.97 Å². The largest absolute Gasteiger partial charge is 0.408 e. The maximum absolute atomic E-state index is 12.7. The highest BCUT2D eigenvalue weighted by molar-refractivity contribution is 5.91. The molecule has 0 unspecified atom stereocenters. The first-order chi connectivity index (χ1) is 17.9. The minimum Gasteiger partial charge on any atom is -0.357 e. The Balaban J connectivity index is 1.17. The summed E-state index contributed by atoms with van der Waals surface area (Å²) < 4.78 is 39.1. The van der Waals surface area contributed by atoms with Gasteiger partial charge >= 0.3 is 6.18 Å². The van der Waals surface area contributed by atoms with Crippen LogP contribution in [0.1, 0.15) is 25.7 Å². The van der Waals surface area contributed by atoms with E-state index in [-0.39, 0.29) is 0 Å². The molecular weight excluding hydrogens is 481 g/mol. The van der Waals surface area contributed by atoms with Crippen LogP contribution in [-0.2, 0) is 6.54 Å². The number of piperidine rings is 2. The number of nitrogens with zero attached hydrogens (tertiary/aromatic N) is 6. The topological polar surface area (TPSA) is 87.5 Å². The lowest BCUT2D eigenvalue weighted by molar-refractivity contribution is -0.142. The van der Waals surface area contributed by atoms with Crippen LogP contribution in [0.2, 0.25) is 0 Å². The number of hydrogen-bond acceptors (Lipinski definition) is 6. The van der Waals surface area contributed by atoms with E-state index < -0.39 is 12.7 Å². The van der Waals surface area contributed by atoms with Crippen molar-refractivity contribution in [1.82, 2.24) is 35.0 Å². The van der Waals surface area contributed by atoms with E-state index in [0.29, 0.717) is 28.0 Å². The number of aromatic nitrogens is 6. The van der Waals surface area contributed by atoms with Crippen LogP contribution in [0.3, 0.4) is 0 Å². The minimum atomic E-state index is -4.33. The summed E-state index contributed by atoms with van der Waals surface area (Å²) in [7, 11) is 0. The molecule has 194 valence electrons. The average molecular weight is 511 g/mol. The maximum atomic E-state index is 12.7. The van der Waals surface area contributed by atoms with Crippen molar-refractivity contribution in [3.8, 4) is 22.4 Å². The summed E-state index contributed by atoms with van der Waals surface area (Å²) in [5.74, 6) is 2.64. The third-order valence-electron chi connectivity index (χ3n) is 7.62. The lowest BCUT2D eigenvalue weighted by Crippen LogP contribution is -2.39.